The van der Waals surface area contributed by atoms with Gasteiger partial charge in [0.2, 0.25) is 0 Å². The predicted octanol–water partition coefficient (Wildman–Crippen LogP) is 5.14. The van der Waals surface area contributed by atoms with Crippen LogP contribution >= 0.6 is 28.1 Å². The molecule has 0 amide bonds. The van der Waals surface area contributed by atoms with Crippen LogP contribution in [0.25, 0.3) is 0 Å². The zero-order valence-corrected chi connectivity index (χ0v) is 19.1. The Bertz CT molecular complexity index is 1040. The Hall–Kier alpha value is -2.58. The lowest BCUT2D eigenvalue weighted by Crippen LogP contribution is -2.19. The van der Waals surface area contributed by atoms with Crippen molar-refractivity contribution in [2.75, 3.05) is 24.9 Å². The summed E-state index contributed by atoms with van der Waals surface area (Å²) < 4.78 is 13.7. The standard InChI is InChI=1S/C21H23BrN4O2S/c1-13-20(22)14(2)26(25-13)12-15-6-5-7-16(10-15)23-21(29)24-18-11-17(27-3)8-9-19(18)28-4/h5-11H,12H2,1-4H3,(H2,23,24,29). The second kappa shape index (κ2) is 9.28. The lowest BCUT2D eigenvalue weighted by molar-refractivity contribution is 0.405. The van der Waals surface area contributed by atoms with E-state index in [1.807, 2.05) is 48.9 Å². The quantitative estimate of drug-likeness (QED) is 0.482. The zero-order chi connectivity index (χ0) is 21.0. The Labute approximate surface area is 184 Å². The van der Waals surface area contributed by atoms with Gasteiger partial charge in [-0.3, -0.25) is 4.68 Å². The number of rotatable bonds is 6. The van der Waals surface area contributed by atoms with E-state index in [1.54, 1.807) is 14.2 Å². The van der Waals surface area contributed by atoms with Gasteiger partial charge in [-0.25, -0.2) is 0 Å². The highest BCUT2D eigenvalue weighted by molar-refractivity contribution is 9.10. The number of halogens is 1. The average molecular weight is 475 g/mol. The Balaban J connectivity index is 1.71. The maximum Gasteiger partial charge on any atom is 0.175 e. The van der Waals surface area contributed by atoms with Crippen LogP contribution in [0.1, 0.15) is 17.0 Å². The first-order valence-corrected chi connectivity index (χ1v) is 10.2. The minimum Gasteiger partial charge on any atom is -0.497 e. The van der Waals surface area contributed by atoms with Crippen molar-refractivity contribution < 1.29 is 9.47 Å². The first-order valence-electron chi connectivity index (χ1n) is 8.99. The summed E-state index contributed by atoms with van der Waals surface area (Å²) in [6, 6.07) is 13.6. The van der Waals surface area contributed by atoms with Gasteiger partial charge in [0.1, 0.15) is 11.5 Å². The smallest absolute Gasteiger partial charge is 0.175 e. The van der Waals surface area contributed by atoms with Gasteiger partial charge in [-0.05, 0) is 71.8 Å². The van der Waals surface area contributed by atoms with Gasteiger partial charge in [0, 0.05) is 11.8 Å². The third-order valence-electron chi connectivity index (χ3n) is 4.47. The third kappa shape index (κ3) is 5.07. The fraction of sp³-hybridized carbons (Fsp3) is 0.238. The minimum absolute atomic E-state index is 0.461. The van der Waals surface area contributed by atoms with Crippen LogP contribution in [0.4, 0.5) is 11.4 Å². The van der Waals surface area contributed by atoms with Crippen molar-refractivity contribution in [2.45, 2.75) is 20.4 Å². The highest BCUT2D eigenvalue weighted by Gasteiger charge is 2.10. The van der Waals surface area contributed by atoms with Crippen LogP contribution in [0.2, 0.25) is 0 Å². The summed E-state index contributed by atoms with van der Waals surface area (Å²) in [7, 11) is 3.24. The van der Waals surface area contributed by atoms with E-state index < -0.39 is 0 Å². The van der Waals surface area contributed by atoms with Crippen LogP contribution in [0.5, 0.6) is 11.5 Å². The fourth-order valence-electron chi connectivity index (χ4n) is 2.95. The Morgan fingerprint density at radius 1 is 1.10 bits per heavy atom. The number of aryl methyl sites for hydroxylation is 1. The molecule has 0 spiro atoms. The molecule has 3 rings (SSSR count). The van der Waals surface area contributed by atoms with Gasteiger partial charge >= 0.3 is 0 Å². The molecule has 1 heterocycles. The maximum absolute atomic E-state index is 5.48. The molecule has 29 heavy (non-hydrogen) atoms. The number of methoxy groups -OCH3 is 2. The van der Waals surface area contributed by atoms with Gasteiger partial charge < -0.3 is 20.1 Å². The molecule has 0 aliphatic heterocycles. The van der Waals surface area contributed by atoms with Crippen molar-refractivity contribution in [3.63, 3.8) is 0 Å². The number of thiocarbonyl (C=S) groups is 1. The number of benzene rings is 2. The van der Waals surface area contributed by atoms with Crippen molar-refractivity contribution in [3.8, 4) is 11.5 Å². The third-order valence-corrected chi connectivity index (χ3v) is 5.82. The SMILES string of the molecule is COc1ccc(OC)c(NC(=S)Nc2cccc(Cn3nc(C)c(Br)c3C)c2)c1. The summed E-state index contributed by atoms with van der Waals surface area (Å²) in [4.78, 5) is 0. The second-order valence-electron chi connectivity index (χ2n) is 6.49. The topological polar surface area (TPSA) is 60.3 Å². The monoisotopic (exact) mass is 474 g/mol. The molecule has 152 valence electrons. The van der Waals surface area contributed by atoms with Crippen LogP contribution in [-0.2, 0) is 6.54 Å². The maximum atomic E-state index is 5.48. The molecule has 0 radical (unpaired) electrons. The number of ether oxygens (including phenoxy) is 2. The second-order valence-corrected chi connectivity index (χ2v) is 7.69. The van der Waals surface area contributed by atoms with Crippen molar-refractivity contribution in [2.24, 2.45) is 0 Å². The van der Waals surface area contributed by atoms with E-state index in [0.717, 1.165) is 32.8 Å². The summed E-state index contributed by atoms with van der Waals surface area (Å²) in [5, 5.41) is 11.4. The molecule has 2 N–H and O–H groups in total. The lowest BCUT2D eigenvalue weighted by atomic mass is 10.2. The van der Waals surface area contributed by atoms with Crippen LogP contribution in [0.3, 0.4) is 0 Å². The highest BCUT2D eigenvalue weighted by Crippen LogP contribution is 2.29. The Morgan fingerprint density at radius 2 is 1.90 bits per heavy atom. The van der Waals surface area contributed by atoms with E-state index in [-0.39, 0.29) is 0 Å². The molecule has 0 fully saturated rings. The molecular formula is C21H23BrN4O2S. The molecule has 0 saturated heterocycles. The first-order chi connectivity index (χ1) is 13.9. The van der Waals surface area contributed by atoms with Gasteiger partial charge in [-0.15, -0.1) is 0 Å². The summed E-state index contributed by atoms with van der Waals surface area (Å²) in [5.74, 6) is 1.40. The van der Waals surface area contributed by atoms with Gasteiger partial charge in [-0.1, -0.05) is 12.1 Å². The van der Waals surface area contributed by atoms with Crippen molar-refractivity contribution in [1.29, 1.82) is 0 Å². The van der Waals surface area contributed by atoms with Gasteiger partial charge in [-0.2, -0.15) is 5.10 Å². The molecule has 1 aromatic heterocycles. The van der Waals surface area contributed by atoms with Crippen molar-refractivity contribution in [1.82, 2.24) is 9.78 Å². The minimum atomic E-state index is 0.461. The van der Waals surface area contributed by atoms with E-state index in [0.29, 0.717) is 23.2 Å². The normalized spacial score (nSPS) is 10.5. The molecule has 0 aliphatic carbocycles. The summed E-state index contributed by atoms with van der Waals surface area (Å²) in [6.45, 7) is 4.72. The summed E-state index contributed by atoms with van der Waals surface area (Å²) in [5.41, 5.74) is 4.82. The van der Waals surface area contributed by atoms with Crippen molar-refractivity contribution in [3.05, 3.63) is 63.9 Å². The van der Waals surface area contributed by atoms with Gasteiger partial charge in [0.25, 0.3) is 0 Å². The summed E-state index contributed by atoms with van der Waals surface area (Å²) >= 11 is 9.05. The fourth-order valence-corrected chi connectivity index (χ4v) is 3.46. The largest absolute Gasteiger partial charge is 0.497 e. The van der Waals surface area contributed by atoms with E-state index in [9.17, 15) is 0 Å². The Kier molecular flexibility index (Phi) is 6.76. The Morgan fingerprint density at radius 3 is 2.55 bits per heavy atom. The van der Waals surface area contributed by atoms with E-state index >= 15 is 0 Å². The molecule has 0 unspecified atom stereocenters. The number of hydrogen-bond acceptors (Lipinski definition) is 4. The molecule has 0 saturated carbocycles. The van der Waals surface area contributed by atoms with E-state index in [1.165, 1.54) is 0 Å². The molecule has 2 aromatic carbocycles. The number of nitrogens with zero attached hydrogens (tertiary/aromatic N) is 2. The van der Waals surface area contributed by atoms with Crippen LogP contribution in [0, 0.1) is 13.8 Å². The number of hydrogen-bond donors (Lipinski definition) is 2. The molecule has 8 heteroatoms. The average Bonchev–Trinajstić information content (AvgIpc) is 2.94. The number of aromatic nitrogens is 2. The highest BCUT2D eigenvalue weighted by atomic mass is 79.9. The molecule has 6 nitrogen and oxygen atoms in total. The van der Waals surface area contributed by atoms with Crippen LogP contribution < -0.4 is 20.1 Å². The number of nitrogens with one attached hydrogen (secondary N) is 2. The molecule has 3 aromatic rings. The van der Waals surface area contributed by atoms with Crippen molar-refractivity contribution >= 4 is 44.6 Å². The van der Waals surface area contributed by atoms with Gasteiger partial charge in [0.15, 0.2) is 5.11 Å². The van der Waals surface area contributed by atoms with E-state index in [4.69, 9.17) is 21.7 Å². The van der Waals surface area contributed by atoms with Crippen LogP contribution in [0.15, 0.2) is 46.9 Å². The molecular weight excluding hydrogens is 452 g/mol. The molecule has 0 aliphatic rings. The summed E-state index contributed by atoms with van der Waals surface area (Å²) in [6.07, 6.45) is 0. The lowest BCUT2D eigenvalue weighted by Gasteiger charge is -2.15. The molecule has 0 atom stereocenters. The molecule has 0 bridgehead atoms. The van der Waals surface area contributed by atoms with Gasteiger partial charge in [0.05, 0.1) is 42.3 Å². The first kappa shape index (κ1) is 21.1. The zero-order valence-electron chi connectivity index (χ0n) is 16.7. The number of anilines is 2. The van der Waals surface area contributed by atoms with E-state index in [2.05, 4.69) is 43.8 Å². The van der Waals surface area contributed by atoms with Crippen LogP contribution in [-0.4, -0.2) is 29.1 Å². The predicted molar refractivity (Wildman–Crippen MR) is 124 cm³/mol.